The van der Waals surface area contributed by atoms with Gasteiger partial charge in [0.15, 0.2) is 5.13 Å². The van der Waals surface area contributed by atoms with Crippen molar-refractivity contribution in [3.8, 4) is 11.3 Å². The number of carbonyl (C=O) groups excluding carboxylic acids is 1. The highest BCUT2D eigenvalue weighted by Gasteiger charge is 2.07. The summed E-state index contributed by atoms with van der Waals surface area (Å²) in [5.41, 5.74) is 1.85. The molecule has 0 fully saturated rings. The van der Waals surface area contributed by atoms with Gasteiger partial charge in [0, 0.05) is 29.1 Å². The number of thiazole rings is 1. The van der Waals surface area contributed by atoms with Crippen LogP contribution in [0.3, 0.4) is 0 Å². The van der Waals surface area contributed by atoms with E-state index in [9.17, 15) is 4.79 Å². The molecule has 106 valence electrons. The summed E-state index contributed by atoms with van der Waals surface area (Å²) in [7, 11) is 1.59. The third-order valence-corrected chi connectivity index (χ3v) is 3.74. The summed E-state index contributed by atoms with van der Waals surface area (Å²) in [5.74, 6) is 0. The Morgan fingerprint density at radius 1 is 1.40 bits per heavy atom. The highest BCUT2D eigenvalue weighted by molar-refractivity contribution is 9.10. The Hall–Kier alpha value is -1.44. The van der Waals surface area contributed by atoms with Crippen molar-refractivity contribution in [3.63, 3.8) is 0 Å². The number of benzene rings is 1. The van der Waals surface area contributed by atoms with Gasteiger partial charge in [0.05, 0.1) is 12.3 Å². The summed E-state index contributed by atoms with van der Waals surface area (Å²) in [4.78, 5) is 15.9. The molecule has 1 aromatic heterocycles. The topological polar surface area (TPSA) is 63.2 Å². The quantitative estimate of drug-likeness (QED) is 0.808. The second-order valence-electron chi connectivity index (χ2n) is 3.92. The van der Waals surface area contributed by atoms with E-state index in [0.717, 1.165) is 15.7 Å². The second kappa shape index (κ2) is 7.37. The van der Waals surface area contributed by atoms with Crippen LogP contribution in [0, 0.1) is 0 Å². The van der Waals surface area contributed by atoms with Crippen LogP contribution in [0.4, 0.5) is 9.93 Å². The Labute approximate surface area is 129 Å². The molecule has 5 nitrogen and oxygen atoms in total. The fourth-order valence-electron chi connectivity index (χ4n) is 1.49. The van der Waals surface area contributed by atoms with Crippen LogP contribution in [0.5, 0.6) is 0 Å². The Morgan fingerprint density at radius 3 is 2.85 bits per heavy atom. The molecule has 0 aliphatic carbocycles. The van der Waals surface area contributed by atoms with Gasteiger partial charge in [-0.05, 0) is 12.1 Å². The Bertz CT molecular complexity index is 571. The molecule has 0 atom stereocenters. The van der Waals surface area contributed by atoms with Crippen molar-refractivity contribution in [2.45, 2.75) is 0 Å². The van der Waals surface area contributed by atoms with Gasteiger partial charge in [0.1, 0.15) is 0 Å². The first kappa shape index (κ1) is 15.0. The minimum absolute atomic E-state index is 0.279. The molecule has 0 bridgehead atoms. The Balaban J connectivity index is 1.95. The first-order valence-corrected chi connectivity index (χ1v) is 7.61. The first-order chi connectivity index (χ1) is 9.69. The predicted molar refractivity (Wildman–Crippen MR) is 84.1 cm³/mol. The van der Waals surface area contributed by atoms with Crippen molar-refractivity contribution in [3.05, 3.63) is 34.1 Å². The number of halogens is 1. The van der Waals surface area contributed by atoms with E-state index in [4.69, 9.17) is 4.74 Å². The molecule has 20 heavy (non-hydrogen) atoms. The number of methoxy groups -OCH3 is 1. The lowest BCUT2D eigenvalue weighted by atomic mass is 10.2. The molecule has 0 unspecified atom stereocenters. The van der Waals surface area contributed by atoms with E-state index in [1.165, 1.54) is 11.3 Å². The number of aromatic nitrogens is 1. The average Bonchev–Trinajstić information content (AvgIpc) is 2.88. The van der Waals surface area contributed by atoms with Gasteiger partial charge in [0.2, 0.25) is 0 Å². The maximum atomic E-state index is 11.6. The van der Waals surface area contributed by atoms with E-state index < -0.39 is 0 Å². The number of hydrogen-bond acceptors (Lipinski definition) is 4. The van der Waals surface area contributed by atoms with E-state index in [-0.39, 0.29) is 6.03 Å². The van der Waals surface area contributed by atoms with E-state index >= 15 is 0 Å². The third-order valence-electron chi connectivity index (χ3n) is 2.46. The van der Waals surface area contributed by atoms with Gasteiger partial charge >= 0.3 is 6.03 Å². The number of ether oxygens (including phenoxy) is 1. The summed E-state index contributed by atoms with van der Waals surface area (Å²) in [6.45, 7) is 0.947. The molecule has 2 N–H and O–H groups in total. The molecule has 1 heterocycles. The molecule has 2 aromatic rings. The lowest BCUT2D eigenvalue weighted by Crippen LogP contribution is -2.31. The van der Waals surface area contributed by atoms with Crippen LogP contribution in [0.15, 0.2) is 34.1 Å². The summed E-state index contributed by atoms with van der Waals surface area (Å²) in [6, 6.07) is 7.58. The van der Waals surface area contributed by atoms with E-state index in [2.05, 4.69) is 31.5 Å². The highest BCUT2D eigenvalue weighted by atomic mass is 79.9. The normalized spacial score (nSPS) is 10.3. The predicted octanol–water partition coefficient (Wildman–Crippen LogP) is 3.34. The molecule has 0 spiro atoms. The van der Waals surface area contributed by atoms with Gasteiger partial charge in [-0.3, -0.25) is 5.32 Å². The van der Waals surface area contributed by atoms with Gasteiger partial charge in [-0.15, -0.1) is 11.3 Å². The summed E-state index contributed by atoms with van der Waals surface area (Å²) < 4.78 is 5.88. The average molecular weight is 356 g/mol. The number of nitrogens with one attached hydrogen (secondary N) is 2. The van der Waals surface area contributed by atoms with Crippen molar-refractivity contribution >= 4 is 38.4 Å². The highest BCUT2D eigenvalue weighted by Crippen LogP contribution is 2.25. The molecule has 0 saturated carbocycles. The molecule has 0 aliphatic rings. The van der Waals surface area contributed by atoms with Crippen molar-refractivity contribution in [1.82, 2.24) is 10.3 Å². The van der Waals surface area contributed by atoms with Crippen molar-refractivity contribution in [2.24, 2.45) is 0 Å². The zero-order valence-electron chi connectivity index (χ0n) is 10.9. The Morgan fingerprint density at radius 2 is 2.15 bits per heavy atom. The number of carbonyl (C=O) groups is 1. The van der Waals surface area contributed by atoms with Crippen molar-refractivity contribution in [1.29, 1.82) is 0 Å². The van der Waals surface area contributed by atoms with Crippen LogP contribution in [0.2, 0.25) is 0 Å². The Kier molecular flexibility index (Phi) is 5.51. The number of amides is 2. The molecular formula is C13H14BrN3O2S. The molecular weight excluding hydrogens is 342 g/mol. The van der Waals surface area contributed by atoms with Gasteiger partial charge < -0.3 is 10.1 Å². The molecule has 0 radical (unpaired) electrons. The lowest BCUT2D eigenvalue weighted by molar-refractivity contribution is 0.198. The molecule has 2 amide bonds. The molecule has 1 aromatic carbocycles. The van der Waals surface area contributed by atoms with Crippen LogP contribution in [0.25, 0.3) is 11.3 Å². The maximum Gasteiger partial charge on any atom is 0.321 e. The number of hydrogen-bond donors (Lipinski definition) is 2. The SMILES string of the molecule is COCCNC(=O)Nc1nc(-c2ccc(Br)cc2)cs1. The molecule has 0 aliphatic heterocycles. The lowest BCUT2D eigenvalue weighted by Gasteiger charge is -2.04. The first-order valence-electron chi connectivity index (χ1n) is 5.94. The number of urea groups is 1. The monoisotopic (exact) mass is 355 g/mol. The fraction of sp³-hybridized carbons (Fsp3) is 0.231. The summed E-state index contributed by atoms with van der Waals surface area (Å²) in [6.07, 6.45) is 0. The van der Waals surface area contributed by atoms with Gasteiger partial charge in [-0.25, -0.2) is 9.78 Å². The molecule has 0 saturated heterocycles. The second-order valence-corrected chi connectivity index (χ2v) is 5.69. The van der Waals surface area contributed by atoms with Crippen molar-refractivity contribution in [2.75, 3.05) is 25.6 Å². The van der Waals surface area contributed by atoms with Crippen LogP contribution >= 0.6 is 27.3 Å². The number of rotatable bonds is 5. The van der Waals surface area contributed by atoms with Gasteiger partial charge in [-0.2, -0.15) is 0 Å². The van der Waals surface area contributed by atoms with Crippen LogP contribution in [-0.2, 0) is 4.74 Å². The van der Waals surface area contributed by atoms with E-state index in [1.54, 1.807) is 7.11 Å². The molecule has 2 rings (SSSR count). The minimum atomic E-state index is -0.279. The minimum Gasteiger partial charge on any atom is -0.383 e. The van der Waals surface area contributed by atoms with E-state index in [1.807, 2.05) is 29.6 Å². The number of anilines is 1. The fourth-order valence-corrected chi connectivity index (χ4v) is 2.47. The van der Waals surface area contributed by atoms with E-state index in [0.29, 0.717) is 18.3 Å². The third kappa shape index (κ3) is 4.29. The zero-order valence-corrected chi connectivity index (χ0v) is 13.3. The summed E-state index contributed by atoms with van der Waals surface area (Å²) >= 11 is 4.78. The van der Waals surface area contributed by atoms with Crippen LogP contribution in [0.1, 0.15) is 0 Å². The smallest absolute Gasteiger partial charge is 0.321 e. The van der Waals surface area contributed by atoms with Crippen LogP contribution in [-0.4, -0.2) is 31.3 Å². The molecule has 7 heteroatoms. The van der Waals surface area contributed by atoms with Gasteiger partial charge in [0.25, 0.3) is 0 Å². The van der Waals surface area contributed by atoms with Crippen molar-refractivity contribution < 1.29 is 9.53 Å². The standard InChI is InChI=1S/C13H14BrN3O2S/c1-19-7-6-15-12(18)17-13-16-11(8-20-13)9-2-4-10(14)5-3-9/h2-5,8H,6-7H2,1H3,(H2,15,16,17,18). The van der Waals surface area contributed by atoms with Gasteiger partial charge in [-0.1, -0.05) is 28.1 Å². The largest absolute Gasteiger partial charge is 0.383 e. The maximum absolute atomic E-state index is 11.6. The zero-order chi connectivity index (χ0) is 14.4. The number of nitrogens with zero attached hydrogens (tertiary/aromatic N) is 1. The van der Waals surface area contributed by atoms with Crippen LogP contribution < -0.4 is 10.6 Å². The summed E-state index contributed by atoms with van der Waals surface area (Å²) in [5, 5.41) is 7.85.